The van der Waals surface area contributed by atoms with Gasteiger partial charge in [0.2, 0.25) is 11.8 Å². The number of rotatable bonds is 4. The van der Waals surface area contributed by atoms with Crippen LogP contribution in [-0.4, -0.2) is 40.0 Å². The molecule has 120 valence electrons. The summed E-state index contributed by atoms with van der Waals surface area (Å²) in [6.07, 6.45) is 4.03. The number of carbonyl (C=O) groups excluding carboxylic acids is 1. The van der Waals surface area contributed by atoms with E-state index < -0.39 is 0 Å². The van der Waals surface area contributed by atoms with Crippen molar-refractivity contribution in [1.29, 1.82) is 0 Å². The number of amides is 1. The Morgan fingerprint density at radius 1 is 1.30 bits per heavy atom. The number of hydrogen-bond donors (Lipinski definition) is 0. The predicted molar refractivity (Wildman–Crippen MR) is 87.1 cm³/mol. The number of ether oxygens (including phenoxy) is 1. The third-order valence-corrected chi connectivity index (χ3v) is 3.97. The zero-order valence-corrected chi connectivity index (χ0v) is 13.3. The van der Waals surface area contributed by atoms with Gasteiger partial charge in [-0.3, -0.25) is 4.79 Å². The molecule has 0 radical (unpaired) electrons. The highest BCUT2D eigenvalue weighted by molar-refractivity contribution is 5.78. The van der Waals surface area contributed by atoms with E-state index in [4.69, 9.17) is 4.74 Å². The first-order valence-corrected chi connectivity index (χ1v) is 7.99. The minimum atomic E-state index is -0.00206. The molecule has 1 aliphatic rings. The quantitative estimate of drug-likeness (QED) is 0.870. The minimum Gasteiger partial charge on any atom is -0.472 e. The maximum atomic E-state index is 12.5. The van der Waals surface area contributed by atoms with Crippen molar-refractivity contribution >= 4 is 5.91 Å². The van der Waals surface area contributed by atoms with Crippen molar-refractivity contribution in [1.82, 2.24) is 14.9 Å². The molecule has 5 heteroatoms. The van der Waals surface area contributed by atoms with Crippen LogP contribution in [0.3, 0.4) is 0 Å². The molecule has 0 N–H and O–H groups in total. The Bertz CT molecular complexity index is 660. The highest BCUT2D eigenvalue weighted by atomic mass is 16.5. The fraction of sp³-hybridized carbons (Fsp3) is 0.389. The van der Waals surface area contributed by atoms with Gasteiger partial charge in [-0.05, 0) is 25.3 Å². The van der Waals surface area contributed by atoms with E-state index in [-0.39, 0.29) is 12.0 Å². The second kappa shape index (κ2) is 7.22. The van der Waals surface area contributed by atoms with Crippen molar-refractivity contribution in [3.8, 4) is 5.88 Å². The van der Waals surface area contributed by atoms with E-state index in [2.05, 4.69) is 9.97 Å². The molecule has 3 rings (SSSR count). The molecule has 0 saturated carbocycles. The Kier molecular flexibility index (Phi) is 4.86. The molecule has 1 amide bonds. The molecule has 1 aromatic heterocycles. The normalized spacial score (nSPS) is 17.8. The molecular weight excluding hydrogens is 290 g/mol. The second-order valence-corrected chi connectivity index (χ2v) is 5.83. The number of nitrogens with zero attached hydrogens (tertiary/aromatic N) is 3. The van der Waals surface area contributed by atoms with Crippen molar-refractivity contribution in [3.63, 3.8) is 0 Å². The summed E-state index contributed by atoms with van der Waals surface area (Å²) in [5.74, 6) is 1.43. The van der Waals surface area contributed by atoms with Crippen LogP contribution in [0, 0.1) is 6.92 Å². The van der Waals surface area contributed by atoms with Crippen molar-refractivity contribution in [2.24, 2.45) is 0 Å². The molecule has 5 nitrogen and oxygen atoms in total. The summed E-state index contributed by atoms with van der Waals surface area (Å²) >= 11 is 0. The van der Waals surface area contributed by atoms with E-state index in [0.29, 0.717) is 24.7 Å². The van der Waals surface area contributed by atoms with Gasteiger partial charge in [0.05, 0.1) is 13.0 Å². The summed E-state index contributed by atoms with van der Waals surface area (Å²) in [5.41, 5.74) is 1.05. The van der Waals surface area contributed by atoms with Crippen LogP contribution in [0.1, 0.15) is 24.2 Å². The number of carbonyl (C=O) groups is 1. The number of likely N-dealkylation sites (tertiary alicyclic amines) is 1. The lowest BCUT2D eigenvalue weighted by atomic mass is 10.1. The standard InChI is InChI=1S/C18H21N3O2/c1-14-19-10-9-17(20-14)23-16-8-5-11-21(13-16)18(22)12-15-6-3-2-4-7-15/h2-4,6-7,9-10,16H,5,8,11-13H2,1H3. The van der Waals surface area contributed by atoms with Crippen LogP contribution in [0.5, 0.6) is 5.88 Å². The van der Waals surface area contributed by atoms with Crippen LogP contribution in [0.25, 0.3) is 0 Å². The van der Waals surface area contributed by atoms with E-state index in [1.54, 1.807) is 12.3 Å². The maximum Gasteiger partial charge on any atom is 0.227 e. The molecule has 0 spiro atoms. The third-order valence-electron chi connectivity index (χ3n) is 3.97. The summed E-state index contributed by atoms with van der Waals surface area (Å²) < 4.78 is 5.92. The third kappa shape index (κ3) is 4.28. The van der Waals surface area contributed by atoms with Crippen molar-refractivity contribution in [2.75, 3.05) is 13.1 Å². The molecule has 1 atom stereocenters. The number of aryl methyl sites for hydroxylation is 1. The summed E-state index contributed by atoms with van der Waals surface area (Å²) in [4.78, 5) is 22.7. The SMILES string of the molecule is Cc1nccc(OC2CCCN(C(=O)Cc3ccccc3)C2)n1. The highest BCUT2D eigenvalue weighted by Crippen LogP contribution is 2.17. The molecule has 2 aromatic rings. The van der Waals surface area contributed by atoms with E-state index in [1.807, 2.05) is 42.2 Å². The first-order chi connectivity index (χ1) is 11.2. The first kappa shape index (κ1) is 15.5. The van der Waals surface area contributed by atoms with E-state index >= 15 is 0 Å². The van der Waals surface area contributed by atoms with Gasteiger partial charge in [-0.1, -0.05) is 30.3 Å². The Balaban J connectivity index is 1.58. The molecule has 1 aromatic carbocycles. The van der Waals surface area contributed by atoms with Gasteiger partial charge in [-0.15, -0.1) is 0 Å². The molecule has 23 heavy (non-hydrogen) atoms. The summed E-state index contributed by atoms with van der Waals surface area (Å²) in [6.45, 7) is 3.26. The summed E-state index contributed by atoms with van der Waals surface area (Å²) in [5, 5.41) is 0. The van der Waals surface area contributed by atoms with Crippen LogP contribution in [0.15, 0.2) is 42.6 Å². The van der Waals surface area contributed by atoms with Crippen molar-refractivity contribution < 1.29 is 9.53 Å². The average molecular weight is 311 g/mol. The molecule has 1 aliphatic heterocycles. The number of piperidine rings is 1. The van der Waals surface area contributed by atoms with Crippen LogP contribution in [-0.2, 0) is 11.2 Å². The number of aromatic nitrogens is 2. The Labute approximate surface area is 136 Å². The Morgan fingerprint density at radius 2 is 2.13 bits per heavy atom. The van der Waals surface area contributed by atoms with E-state index in [0.717, 1.165) is 24.9 Å². The van der Waals surface area contributed by atoms with Gasteiger partial charge in [0.25, 0.3) is 0 Å². The van der Waals surface area contributed by atoms with Gasteiger partial charge in [0, 0.05) is 18.8 Å². The molecule has 1 unspecified atom stereocenters. The fourth-order valence-electron chi connectivity index (χ4n) is 2.81. The Morgan fingerprint density at radius 3 is 2.91 bits per heavy atom. The number of hydrogen-bond acceptors (Lipinski definition) is 4. The van der Waals surface area contributed by atoms with Gasteiger partial charge in [0.1, 0.15) is 11.9 Å². The van der Waals surface area contributed by atoms with E-state index in [1.165, 1.54) is 0 Å². The van der Waals surface area contributed by atoms with Gasteiger partial charge in [0.15, 0.2) is 0 Å². The van der Waals surface area contributed by atoms with Gasteiger partial charge < -0.3 is 9.64 Å². The van der Waals surface area contributed by atoms with Crippen LogP contribution >= 0.6 is 0 Å². The maximum absolute atomic E-state index is 12.5. The lowest BCUT2D eigenvalue weighted by molar-refractivity contribution is -0.133. The second-order valence-electron chi connectivity index (χ2n) is 5.83. The predicted octanol–water partition coefficient (Wildman–Crippen LogP) is 2.40. The van der Waals surface area contributed by atoms with Gasteiger partial charge in [-0.25, -0.2) is 4.98 Å². The largest absolute Gasteiger partial charge is 0.472 e. The highest BCUT2D eigenvalue weighted by Gasteiger charge is 2.25. The molecule has 2 heterocycles. The monoisotopic (exact) mass is 311 g/mol. The van der Waals surface area contributed by atoms with Crippen molar-refractivity contribution in [3.05, 3.63) is 54.0 Å². The van der Waals surface area contributed by atoms with Crippen LogP contribution in [0.4, 0.5) is 0 Å². The fourth-order valence-corrected chi connectivity index (χ4v) is 2.81. The van der Waals surface area contributed by atoms with E-state index in [9.17, 15) is 4.79 Å². The summed E-state index contributed by atoms with van der Waals surface area (Å²) in [6, 6.07) is 11.6. The molecule has 1 fully saturated rings. The first-order valence-electron chi connectivity index (χ1n) is 7.99. The van der Waals surface area contributed by atoms with Gasteiger partial charge >= 0.3 is 0 Å². The summed E-state index contributed by atoms with van der Waals surface area (Å²) in [7, 11) is 0. The molecule has 1 saturated heterocycles. The average Bonchev–Trinajstić information content (AvgIpc) is 2.56. The molecule has 0 bridgehead atoms. The Hall–Kier alpha value is -2.43. The lowest BCUT2D eigenvalue weighted by Gasteiger charge is -2.32. The lowest BCUT2D eigenvalue weighted by Crippen LogP contribution is -2.45. The molecular formula is C18H21N3O2. The van der Waals surface area contributed by atoms with Crippen molar-refractivity contribution in [2.45, 2.75) is 32.3 Å². The molecule has 0 aliphatic carbocycles. The van der Waals surface area contributed by atoms with Crippen LogP contribution in [0.2, 0.25) is 0 Å². The zero-order valence-electron chi connectivity index (χ0n) is 13.3. The number of benzene rings is 1. The van der Waals surface area contributed by atoms with Gasteiger partial charge in [-0.2, -0.15) is 4.98 Å². The topological polar surface area (TPSA) is 55.3 Å². The van der Waals surface area contributed by atoms with Crippen LogP contribution < -0.4 is 4.74 Å². The minimum absolute atomic E-state index is 0.00206. The zero-order chi connectivity index (χ0) is 16.1. The smallest absolute Gasteiger partial charge is 0.227 e.